The third-order valence-corrected chi connectivity index (χ3v) is 8.19. The molecule has 0 aliphatic carbocycles. The van der Waals surface area contributed by atoms with Crippen LogP contribution in [0.15, 0.2) is 39.2 Å². The number of amides is 1. The van der Waals surface area contributed by atoms with Crippen molar-refractivity contribution >= 4 is 49.7 Å². The van der Waals surface area contributed by atoms with Gasteiger partial charge in [-0.2, -0.15) is 4.31 Å². The number of nitrogens with one attached hydrogen (secondary N) is 1. The maximum absolute atomic E-state index is 13.1. The van der Waals surface area contributed by atoms with Crippen LogP contribution in [-0.2, 0) is 27.7 Å². The Labute approximate surface area is 174 Å². The Morgan fingerprint density at radius 1 is 1.34 bits per heavy atom. The third kappa shape index (κ3) is 3.71. The van der Waals surface area contributed by atoms with Crippen LogP contribution in [0, 0.1) is 0 Å². The molecule has 0 saturated carbocycles. The summed E-state index contributed by atoms with van der Waals surface area (Å²) in [5.41, 5.74) is 0.745. The molecule has 1 aliphatic rings. The van der Waals surface area contributed by atoms with Gasteiger partial charge >= 0.3 is 5.97 Å². The molecule has 4 heterocycles. The van der Waals surface area contributed by atoms with E-state index in [1.54, 1.807) is 11.4 Å². The van der Waals surface area contributed by atoms with Crippen LogP contribution in [0.25, 0.3) is 0 Å². The Hall–Kier alpha value is -2.54. The Balaban J connectivity index is 1.54. The lowest BCUT2D eigenvalue weighted by molar-refractivity contribution is 0.0602. The number of esters is 1. The van der Waals surface area contributed by atoms with Gasteiger partial charge in [-0.1, -0.05) is 0 Å². The van der Waals surface area contributed by atoms with Gasteiger partial charge in [-0.15, -0.1) is 22.7 Å². The summed E-state index contributed by atoms with van der Waals surface area (Å²) in [6.45, 7) is 0.337. The number of furan rings is 1. The van der Waals surface area contributed by atoms with Gasteiger partial charge in [0.15, 0.2) is 10.9 Å². The summed E-state index contributed by atoms with van der Waals surface area (Å²) in [6.07, 6.45) is 1.80. The van der Waals surface area contributed by atoms with E-state index in [9.17, 15) is 18.0 Å². The zero-order valence-corrected chi connectivity index (χ0v) is 17.5. The number of fused-ring (bicyclic) bond motifs is 1. The van der Waals surface area contributed by atoms with Crippen LogP contribution in [0.5, 0.6) is 0 Å². The second-order valence-corrected chi connectivity index (χ2v) is 9.92. The quantitative estimate of drug-likeness (QED) is 0.590. The lowest BCUT2D eigenvalue weighted by atomic mass is 10.2. The molecule has 1 aliphatic heterocycles. The molecule has 0 spiro atoms. The van der Waals surface area contributed by atoms with Gasteiger partial charge in [-0.3, -0.25) is 10.1 Å². The summed E-state index contributed by atoms with van der Waals surface area (Å²) >= 11 is 2.24. The van der Waals surface area contributed by atoms with E-state index in [1.165, 1.54) is 41.1 Å². The number of ether oxygens (including phenoxy) is 1. The van der Waals surface area contributed by atoms with Crippen LogP contribution in [0.2, 0.25) is 0 Å². The van der Waals surface area contributed by atoms with Crippen molar-refractivity contribution in [2.45, 2.75) is 17.9 Å². The van der Waals surface area contributed by atoms with Gasteiger partial charge < -0.3 is 9.15 Å². The third-order valence-electron chi connectivity index (χ3n) is 4.28. The molecule has 0 aromatic carbocycles. The molecule has 0 saturated heterocycles. The number of aromatic nitrogens is 1. The first-order chi connectivity index (χ1) is 13.9. The van der Waals surface area contributed by atoms with Gasteiger partial charge in [0, 0.05) is 17.8 Å². The second-order valence-electron chi connectivity index (χ2n) is 6.01. The molecule has 29 heavy (non-hydrogen) atoms. The molecule has 0 unspecified atom stereocenters. The number of thiazole rings is 1. The fourth-order valence-electron chi connectivity index (χ4n) is 2.88. The molecule has 1 amide bonds. The van der Waals surface area contributed by atoms with Crippen LogP contribution >= 0.6 is 22.7 Å². The number of thiophene rings is 1. The van der Waals surface area contributed by atoms with Crippen LogP contribution in [0.1, 0.15) is 30.8 Å². The molecular weight excluding hydrogens is 438 g/mol. The van der Waals surface area contributed by atoms with Gasteiger partial charge in [0.2, 0.25) is 10.0 Å². The molecule has 0 atom stereocenters. The summed E-state index contributed by atoms with van der Waals surface area (Å²) in [5, 5.41) is 4.58. The average molecular weight is 454 g/mol. The SMILES string of the molecule is COC(=O)c1sccc1S(=O)(=O)N1CCc2nc(NC(=O)c3ccco3)sc2C1. The van der Waals surface area contributed by atoms with E-state index in [-0.39, 0.29) is 28.6 Å². The van der Waals surface area contributed by atoms with Crippen molar-refractivity contribution < 1.29 is 27.2 Å². The maximum atomic E-state index is 13.1. The highest BCUT2D eigenvalue weighted by Crippen LogP contribution is 2.33. The maximum Gasteiger partial charge on any atom is 0.349 e. The van der Waals surface area contributed by atoms with Gasteiger partial charge in [-0.25, -0.2) is 18.2 Å². The lowest BCUT2D eigenvalue weighted by Gasteiger charge is -2.25. The Kier molecular flexibility index (Phi) is 5.25. The highest BCUT2D eigenvalue weighted by Gasteiger charge is 2.34. The first kappa shape index (κ1) is 19.8. The van der Waals surface area contributed by atoms with Gasteiger partial charge in [0.25, 0.3) is 5.91 Å². The first-order valence-corrected chi connectivity index (χ1v) is 11.5. The number of methoxy groups -OCH3 is 1. The predicted octanol–water partition coefficient (Wildman–Crippen LogP) is 2.58. The topological polar surface area (TPSA) is 119 Å². The minimum absolute atomic E-state index is 0.0500. The van der Waals surface area contributed by atoms with E-state index in [1.807, 2.05) is 0 Å². The molecule has 3 aromatic rings. The molecular formula is C17H15N3O6S3. The minimum atomic E-state index is -3.88. The number of hydrogen-bond acceptors (Lipinski definition) is 9. The van der Waals surface area contributed by atoms with Crippen LogP contribution < -0.4 is 5.32 Å². The Morgan fingerprint density at radius 2 is 2.17 bits per heavy atom. The summed E-state index contributed by atoms with van der Waals surface area (Å²) in [7, 11) is -2.67. The Morgan fingerprint density at radius 3 is 2.90 bits per heavy atom. The largest absolute Gasteiger partial charge is 0.465 e. The van der Waals surface area contributed by atoms with Crippen molar-refractivity contribution in [2.75, 3.05) is 19.0 Å². The average Bonchev–Trinajstić information content (AvgIpc) is 3.46. The second kappa shape index (κ2) is 7.71. The van der Waals surface area contributed by atoms with Crippen molar-refractivity contribution in [3.05, 3.63) is 51.1 Å². The minimum Gasteiger partial charge on any atom is -0.465 e. The van der Waals surface area contributed by atoms with Crippen molar-refractivity contribution in [1.82, 2.24) is 9.29 Å². The first-order valence-electron chi connectivity index (χ1n) is 8.39. The molecule has 4 rings (SSSR count). The van der Waals surface area contributed by atoms with E-state index in [0.29, 0.717) is 11.6 Å². The number of nitrogens with zero attached hydrogens (tertiary/aromatic N) is 2. The number of anilines is 1. The zero-order valence-electron chi connectivity index (χ0n) is 15.1. The standard InChI is InChI=1S/C17H15N3O6S3/c1-25-16(22)14-13(5-8-27-14)29(23,24)20-6-4-10-12(9-20)28-17(18-10)19-15(21)11-3-2-7-26-11/h2-3,5,7-8H,4,6,9H2,1H3,(H,18,19,21). The van der Waals surface area contributed by atoms with E-state index >= 15 is 0 Å². The molecule has 1 N–H and O–H groups in total. The highest BCUT2D eigenvalue weighted by molar-refractivity contribution is 7.89. The number of rotatable bonds is 5. The Bertz CT molecular complexity index is 1160. The number of carbonyl (C=O) groups excluding carboxylic acids is 2. The monoisotopic (exact) mass is 453 g/mol. The van der Waals surface area contributed by atoms with Crippen LogP contribution in [0.3, 0.4) is 0 Å². The molecule has 12 heteroatoms. The fourth-order valence-corrected chi connectivity index (χ4v) is 6.70. The molecule has 3 aromatic heterocycles. The van der Waals surface area contributed by atoms with Crippen molar-refractivity contribution in [3.63, 3.8) is 0 Å². The van der Waals surface area contributed by atoms with E-state index in [2.05, 4.69) is 15.0 Å². The predicted molar refractivity (Wildman–Crippen MR) is 106 cm³/mol. The van der Waals surface area contributed by atoms with E-state index in [4.69, 9.17) is 4.42 Å². The zero-order chi connectivity index (χ0) is 20.6. The van der Waals surface area contributed by atoms with Crippen molar-refractivity contribution in [1.29, 1.82) is 0 Å². The number of hydrogen-bond donors (Lipinski definition) is 1. The van der Waals surface area contributed by atoms with Crippen LogP contribution in [-0.4, -0.2) is 43.2 Å². The van der Waals surface area contributed by atoms with Crippen molar-refractivity contribution in [3.8, 4) is 0 Å². The molecule has 0 radical (unpaired) electrons. The normalized spacial score (nSPS) is 14.4. The summed E-state index contributed by atoms with van der Waals surface area (Å²) in [6, 6.07) is 4.55. The van der Waals surface area contributed by atoms with E-state index < -0.39 is 21.9 Å². The summed E-state index contributed by atoms with van der Waals surface area (Å²) in [5.74, 6) is -0.946. The summed E-state index contributed by atoms with van der Waals surface area (Å²) in [4.78, 5) is 29.1. The van der Waals surface area contributed by atoms with Crippen molar-refractivity contribution in [2.24, 2.45) is 0 Å². The number of carbonyl (C=O) groups is 2. The molecule has 0 fully saturated rings. The molecule has 152 valence electrons. The fraction of sp³-hybridized carbons (Fsp3) is 0.235. The van der Waals surface area contributed by atoms with Crippen LogP contribution in [0.4, 0.5) is 5.13 Å². The van der Waals surface area contributed by atoms with Gasteiger partial charge in [0.1, 0.15) is 9.77 Å². The van der Waals surface area contributed by atoms with Gasteiger partial charge in [-0.05, 0) is 23.6 Å². The number of sulfonamides is 1. The highest BCUT2D eigenvalue weighted by atomic mass is 32.2. The molecule has 0 bridgehead atoms. The summed E-state index contributed by atoms with van der Waals surface area (Å²) < 4.78 is 37.2. The molecule has 9 nitrogen and oxygen atoms in total. The lowest BCUT2D eigenvalue weighted by Crippen LogP contribution is -2.36. The van der Waals surface area contributed by atoms with Gasteiger partial charge in [0.05, 0.1) is 25.6 Å². The smallest absolute Gasteiger partial charge is 0.349 e. The van der Waals surface area contributed by atoms with E-state index in [0.717, 1.165) is 21.9 Å².